The number of carbonyl (C=O) groups is 14. The Morgan fingerprint density at radius 2 is 0.788 bits per heavy atom. The van der Waals surface area contributed by atoms with Gasteiger partial charge in [0.15, 0.2) is 23.1 Å². The molecule has 15 atom stereocenters. The number of rotatable bonds is 42. The second kappa shape index (κ2) is 50.8. The quantitative estimate of drug-likeness (QED) is 0.00592. The number of cyclic esters (lactones) is 4. The summed E-state index contributed by atoms with van der Waals surface area (Å²) in [6.07, 6.45) is 5.54. The molecule has 23 nitrogen and oxygen atoms in total. The number of ether oxygens (including phenoxy) is 3. The molecule has 23 heteroatoms. The number of nitrogens with two attached hydrogens (primary N) is 1. The molecule has 0 bridgehead atoms. The van der Waals surface area contributed by atoms with Crippen LogP contribution in [-0.4, -0.2) is 122 Å². The lowest BCUT2D eigenvalue weighted by Crippen LogP contribution is -2.44. The Kier molecular flexibility index (Phi) is 39.4. The smallest absolute Gasteiger partial charge is 0.318 e. The van der Waals surface area contributed by atoms with Crippen LogP contribution in [0.4, 0.5) is 0 Å². The molecule has 9 aromatic rings. The summed E-state index contributed by atoms with van der Waals surface area (Å²) in [7, 11) is 0. The first-order valence-electron chi connectivity index (χ1n) is 45.9. The molecule has 12 rings (SSSR count). The van der Waals surface area contributed by atoms with Crippen LogP contribution in [0.1, 0.15) is 248 Å². The normalized spacial score (nSPS) is 18.2. The number of unbranched alkanes of at least 4 members (excludes halogenated alkanes) is 4. The van der Waals surface area contributed by atoms with Gasteiger partial charge in [0.1, 0.15) is 11.5 Å². The third-order valence-corrected chi connectivity index (χ3v) is 25.5. The van der Waals surface area contributed by atoms with Gasteiger partial charge in [-0.1, -0.05) is 285 Å². The van der Waals surface area contributed by atoms with Gasteiger partial charge in [0.25, 0.3) is 0 Å². The number of carboxylic acids is 2. The topological polar surface area (TPSA) is 369 Å². The number of phenolic OH excluding ortho intramolecular Hbond substituents is 1. The number of aryl methyl sites for hydroxylation is 2. The van der Waals surface area contributed by atoms with Gasteiger partial charge in [0.05, 0.1) is 72.0 Å². The van der Waals surface area contributed by atoms with Crippen molar-refractivity contribution in [2.24, 2.45) is 64.9 Å². The van der Waals surface area contributed by atoms with E-state index in [1.807, 2.05) is 84.0 Å². The number of nitrogens with one attached hydrogen (secondary N) is 1. The first kappa shape index (κ1) is 102. The van der Waals surface area contributed by atoms with Crippen molar-refractivity contribution in [2.45, 2.75) is 182 Å². The van der Waals surface area contributed by atoms with Gasteiger partial charge in [-0.2, -0.15) is 0 Å². The molecule has 3 fully saturated rings. The molecule has 9 aromatic carbocycles. The van der Waals surface area contributed by atoms with Gasteiger partial charge in [-0.25, -0.2) is 0 Å². The highest BCUT2D eigenvalue weighted by Gasteiger charge is 2.57. The maximum absolute atomic E-state index is 15.7. The number of benzene rings is 9. The van der Waals surface area contributed by atoms with Gasteiger partial charge < -0.3 is 40.6 Å². The zero-order valence-corrected chi connectivity index (χ0v) is 76.7. The van der Waals surface area contributed by atoms with Crippen LogP contribution in [0.3, 0.4) is 0 Å². The largest absolute Gasteiger partial charge is 0.508 e. The van der Waals surface area contributed by atoms with E-state index in [1.54, 1.807) is 172 Å². The first-order chi connectivity index (χ1) is 63.5. The van der Waals surface area contributed by atoms with Crippen molar-refractivity contribution in [2.75, 3.05) is 19.6 Å². The molecule has 0 saturated carbocycles. The average molecular weight is 1800 g/mol. The lowest BCUT2D eigenvalue weighted by molar-refractivity contribution is -0.155. The zero-order valence-electron chi connectivity index (χ0n) is 76.7. The predicted molar refractivity (Wildman–Crippen MR) is 501 cm³/mol. The summed E-state index contributed by atoms with van der Waals surface area (Å²) < 4.78 is 16.0. The van der Waals surface area contributed by atoms with E-state index < -0.39 is 137 Å². The minimum Gasteiger partial charge on any atom is -0.508 e. The van der Waals surface area contributed by atoms with E-state index in [9.17, 15) is 58.2 Å². The van der Waals surface area contributed by atoms with Crippen molar-refractivity contribution < 1.29 is 96.7 Å². The summed E-state index contributed by atoms with van der Waals surface area (Å²) in [6, 6.07) is 70.5. The van der Waals surface area contributed by atoms with Gasteiger partial charge in [0.2, 0.25) is 17.7 Å². The molecule has 0 radical (unpaired) electrons. The third-order valence-electron chi connectivity index (χ3n) is 25.5. The number of likely N-dealkylation sites (tertiary alicyclic amines) is 1. The zero-order chi connectivity index (χ0) is 95.7. The monoisotopic (exact) mass is 1790 g/mol. The van der Waals surface area contributed by atoms with E-state index in [0.717, 1.165) is 29.7 Å². The number of hydrogen-bond donors (Lipinski definition) is 5. The highest BCUT2D eigenvalue weighted by Crippen LogP contribution is 2.52. The first-order valence-corrected chi connectivity index (χ1v) is 45.9. The minimum atomic E-state index is -1.60. The summed E-state index contributed by atoms with van der Waals surface area (Å²) in [5.41, 5.74) is 12.0. The van der Waals surface area contributed by atoms with Crippen molar-refractivity contribution in [1.29, 1.82) is 0 Å². The number of nitrogens with zero attached hydrogens (tertiary/aromatic N) is 1. The van der Waals surface area contributed by atoms with E-state index in [1.165, 1.54) is 72.7 Å². The molecule has 3 aliphatic heterocycles. The second-order valence-electron chi connectivity index (χ2n) is 34.4. The van der Waals surface area contributed by atoms with Crippen LogP contribution >= 0.6 is 0 Å². The Labute approximate surface area is 773 Å². The lowest BCUT2D eigenvalue weighted by Gasteiger charge is -2.37. The Morgan fingerprint density at radius 1 is 0.417 bits per heavy atom. The number of carboxylic acid groups (broad SMARTS) is 2. The lowest BCUT2D eigenvalue weighted by atomic mass is 9.64. The van der Waals surface area contributed by atoms with Crippen LogP contribution in [0.25, 0.3) is 0 Å². The Bertz CT molecular complexity index is 5300. The Hall–Kier alpha value is -13.3. The van der Waals surface area contributed by atoms with E-state index in [4.69, 9.17) is 25.1 Å². The van der Waals surface area contributed by atoms with Crippen LogP contribution in [0.2, 0.25) is 0 Å². The van der Waals surface area contributed by atoms with Crippen molar-refractivity contribution in [3.05, 3.63) is 310 Å². The van der Waals surface area contributed by atoms with Crippen LogP contribution in [0.5, 0.6) is 11.5 Å². The molecule has 0 spiro atoms. The number of imide groups is 1. The van der Waals surface area contributed by atoms with Gasteiger partial charge in [-0.15, -0.1) is 0 Å². The van der Waals surface area contributed by atoms with Gasteiger partial charge >= 0.3 is 41.8 Å². The van der Waals surface area contributed by atoms with Crippen LogP contribution in [0.15, 0.2) is 249 Å². The molecule has 0 aromatic heterocycles. The molecular weight excluding hydrogens is 1670 g/mol. The number of phenols is 1. The molecule has 3 aliphatic rings. The summed E-state index contributed by atoms with van der Waals surface area (Å²) in [6.45, 7) is 18.1. The fraction of sp³-hybridized carbons (Fsp3) is 0.376. The molecule has 3 amide bonds. The number of aliphatic carboxylic acids is 2. The average Bonchev–Trinajstić information content (AvgIpc) is 1.59. The third kappa shape index (κ3) is 27.4. The fourth-order valence-corrected chi connectivity index (χ4v) is 18.2. The van der Waals surface area contributed by atoms with Gasteiger partial charge in [-0.05, 0) is 178 Å². The number of hydrogen-bond acceptors (Lipinski definition) is 19. The molecule has 6 N–H and O–H groups in total. The van der Waals surface area contributed by atoms with Crippen molar-refractivity contribution in [3.63, 3.8) is 0 Å². The number of Topliss-reactive ketones (excluding diaryl/α,β-unsaturated/α-hetero) is 4. The van der Waals surface area contributed by atoms with Crippen molar-refractivity contribution in [1.82, 2.24) is 10.2 Å². The molecule has 132 heavy (non-hydrogen) atoms. The number of amides is 3. The van der Waals surface area contributed by atoms with E-state index in [2.05, 4.69) is 12.2 Å². The summed E-state index contributed by atoms with van der Waals surface area (Å²) in [5, 5.41) is 35.5. The maximum Gasteiger partial charge on any atom is 0.318 e. The van der Waals surface area contributed by atoms with Crippen molar-refractivity contribution >= 4 is 82.6 Å². The van der Waals surface area contributed by atoms with E-state index >= 15 is 19.2 Å². The van der Waals surface area contributed by atoms with Crippen LogP contribution < -0.4 is 15.8 Å². The molecule has 0 aliphatic carbocycles. The second-order valence-corrected chi connectivity index (χ2v) is 34.4. The Morgan fingerprint density at radius 3 is 1.16 bits per heavy atom. The fourth-order valence-electron chi connectivity index (χ4n) is 18.2. The van der Waals surface area contributed by atoms with Gasteiger partial charge in [-0.3, -0.25) is 72.0 Å². The Balaban J connectivity index is 0.000000376. The highest BCUT2D eigenvalue weighted by molar-refractivity contribution is 6.14. The SMILES string of the molecule is CCC(c1ccccc1)C1C(=O)OC(=O)C1C.CCCCCN.CCCCNC(=O)C(C(CC(c1ccccc1)C1C(=O)OC(=O)C1C)C(=O)O)C(CC1C(=O)N(CCCC)C(=O)C1C(CC(C(=O)O)C(C(=O)Oc1ccc(C(=O)CC(=O)c2ccc(C)cc2)cc1)C(CC)c1ccccc1)c1ccccc1)c1ccccc1.Cc1ccc(C(=O)CC(=O)c2ccc(O)cc2)cc1. The summed E-state index contributed by atoms with van der Waals surface area (Å²) >= 11 is 0. The standard InChI is InChI=1S/C74H80N2O14.C16H14O3.C14H16O3.C5H13N/c1-6-9-39-75-67(79)64(59(70(82)83)42-55(48-25-17-12-18-26-48)63-46(5)72(86)90-73(63)87)56(49-27-19-13-20-28-49)41-58-65(69(81)76(68(58)80)40-10-7-2)57(50-29-21-14-22-30-50)43-60(71(84)85)66(54(8-3)47-23-15-11-16-24-47)74(88)89-53-37-35-52(36-38-53)62(78)44-61(77)51-33-31-45(4)32-34-51;1-11-2-4-12(5-3-11)15(18)10-16(19)13-6-8-14(17)9-7-13;1-3-11(10-7-5-4-6-8-10)12-9(2)13(15)17-14(12)16;1-2-3-4-5-6/h11-38,46,54-60,63-66H,6-10,39-44H2,1-5H3,(H,75,79)(H,82,83)(H,84,85);2-9,17H,10H2,1H3;4-9,11-12H,3H2,1-2H3;2-6H2,1H3. The number of aromatic hydroxyl groups is 1. The summed E-state index contributed by atoms with van der Waals surface area (Å²) in [4.78, 5) is 192. The van der Waals surface area contributed by atoms with Crippen LogP contribution in [0, 0.1) is 73.0 Å². The van der Waals surface area contributed by atoms with E-state index in [0.29, 0.717) is 64.6 Å². The maximum atomic E-state index is 15.7. The van der Waals surface area contributed by atoms with E-state index in [-0.39, 0.29) is 103 Å². The molecule has 694 valence electrons. The van der Waals surface area contributed by atoms with Crippen LogP contribution in [-0.2, 0) is 57.4 Å². The van der Waals surface area contributed by atoms with Crippen molar-refractivity contribution in [3.8, 4) is 11.5 Å². The highest BCUT2D eigenvalue weighted by atomic mass is 16.6. The summed E-state index contributed by atoms with van der Waals surface area (Å²) in [5.74, 6) is -24.4. The predicted octanol–water partition coefficient (Wildman–Crippen LogP) is 19.2. The minimum absolute atomic E-state index is 0.00226. The molecule has 3 heterocycles. The number of ketones is 4. The molecule has 3 saturated heterocycles. The number of esters is 5. The molecular formula is C109H123N3O20. The number of carbonyl (C=O) groups excluding carboxylic acids is 12. The van der Waals surface area contributed by atoms with Gasteiger partial charge in [0, 0.05) is 35.3 Å². The molecule has 15 unspecified atom stereocenters.